The summed E-state index contributed by atoms with van der Waals surface area (Å²) >= 11 is 11.6. The lowest BCUT2D eigenvalue weighted by Gasteiger charge is -2.08. The van der Waals surface area contributed by atoms with Gasteiger partial charge in [0.1, 0.15) is 11.5 Å². The normalized spacial score (nSPS) is 10.2. The predicted molar refractivity (Wildman–Crippen MR) is 92.6 cm³/mol. The second-order valence-corrected chi connectivity index (χ2v) is 5.96. The van der Waals surface area contributed by atoms with Crippen LogP contribution in [-0.4, -0.2) is 24.3 Å². The summed E-state index contributed by atoms with van der Waals surface area (Å²) in [7, 11) is 0. The third-order valence-electron chi connectivity index (χ3n) is 3.19. The second-order valence-electron chi connectivity index (χ2n) is 5.14. The van der Waals surface area contributed by atoms with Gasteiger partial charge in [-0.1, -0.05) is 23.2 Å². The van der Waals surface area contributed by atoms with Crippen LogP contribution in [0.5, 0.6) is 0 Å². The van der Waals surface area contributed by atoms with E-state index in [4.69, 9.17) is 27.6 Å². The molecule has 3 amide bonds. The first-order valence-electron chi connectivity index (χ1n) is 7.17. The fourth-order valence-corrected chi connectivity index (χ4v) is 2.29. The van der Waals surface area contributed by atoms with E-state index in [2.05, 4.69) is 16.2 Å². The molecule has 3 N–H and O–H groups in total. The Bertz CT molecular complexity index is 833. The molecule has 7 nitrogen and oxygen atoms in total. The zero-order valence-corrected chi connectivity index (χ0v) is 14.9. The van der Waals surface area contributed by atoms with Crippen LogP contribution in [-0.2, 0) is 4.79 Å². The number of carbonyl (C=O) groups is 3. The van der Waals surface area contributed by atoms with Crippen molar-refractivity contribution in [2.24, 2.45) is 0 Å². The zero-order chi connectivity index (χ0) is 18.6. The SMILES string of the molecule is Cc1cc(C(=O)NNC(=O)CNC(=O)c2ccc(Cl)c(Cl)c2)c(C)o1. The van der Waals surface area contributed by atoms with Crippen LogP contribution in [0.25, 0.3) is 0 Å². The average molecular weight is 384 g/mol. The fraction of sp³-hybridized carbons (Fsp3) is 0.188. The minimum absolute atomic E-state index is 0.233. The lowest BCUT2D eigenvalue weighted by molar-refractivity contribution is -0.120. The van der Waals surface area contributed by atoms with Gasteiger partial charge in [-0.15, -0.1) is 0 Å². The number of aryl methyl sites for hydroxylation is 2. The highest BCUT2D eigenvalue weighted by Crippen LogP contribution is 2.22. The molecule has 0 saturated carbocycles. The van der Waals surface area contributed by atoms with E-state index in [1.54, 1.807) is 19.9 Å². The summed E-state index contributed by atoms with van der Waals surface area (Å²) in [5.41, 5.74) is 5.02. The average Bonchev–Trinajstić information content (AvgIpc) is 2.91. The lowest BCUT2D eigenvalue weighted by Crippen LogP contribution is -2.46. The zero-order valence-electron chi connectivity index (χ0n) is 13.4. The molecule has 0 bridgehead atoms. The van der Waals surface area contributed by atoms with Crippen LogP contribution in [0.1, 0.15) is 32.2 Å². The molecule has 0 aliphatic carbocycles. The molecule has 9 heteroatoms. The van der Waals surface area contributed by atoms with Gasteiger partial charge in [-0.2, -0.15) is 0 Å². The predicted octanol–water partition coefficient (Wildman–Crippen LogP) is 2.39. The van der Waals surface area contributed by atoms with Crippen LogP contribution in [0.3, 0.4) is 0 Å². The maximum Gasteiger partial charge on any atom is 0.273 e. The highest BCUT2D eigenvalue weighted by Gasteiger charge is 2.15. The summed E-state index contributed by atoms with van der Waals surface area (Å²) in [4.78, 5) is 35.6. The van der Waals surface area contributed by atoms with Crippen LogP contribution in [0.4, 0.5) is 0 Å². The largest absolute Gasteiger partial charge is 0.466 e. The second kappa shape index (κ2) is 8.04. The lowest BCUT2D eigenvalue weighted by atomic mass is 10.2. The molecule has 0 aliphatic rings. The number of furan rings is 1. The van der Waals surface area contributed by atoms with Gasteiger partial charge in [0.05, 0.1) is 22.2 Å². The molecule has 0 fully saturated rings. The van der Waals surface area contributed by atoms with Crippen molar-refractivity contribution in [1.82, 2.24) is 16.2 Å². The van der Waals surface area contributed by atoms with Crippen LogP contribution in [0, 0.1) is 13.8 Å². The van der Waals surface area contributed by atoms with E-state index in [0.717, 1.165) is 0 Å². The van der Waals surface area contributed by atoms with Crippen LogP contribution < -0.4 is 16.2 Å². The molecule has 0 radical (unpaired) electrons. The number of amides is 3. The van der Waals surface area contributed by atoms with E-state index in [1.165, 1.54) is 18.2 Å². The Labute approximate surface area is 153 Å². The molecule has 2 rings (SSSR count). The van der Waals surface area contributed by atoms with Crippen molar-refractivity contribution < 1.29 is 18.8 Å². The fourth-order valence-electron chi connectivity index (χ4n) is 1.99. The first kappa shape index (κ1) is 18.8. The third-order valence-corrected chi connectivity index (χ3v) is 3.93. The minimum atomic E-state index is -0.598. The van der Waals surface area contributed by atoms with Gasteiger partial charge in [-0.25, -0.2) is 0 Å². The first-order valence-corrected chi connectivity index (χ1v) is 7.93. The molecule has 1 aromatic carbocycles. The molecule has 1 heterocycles. The van der Waals surface area contributed by atoms with Crippen LogP contribution >= 0.6 is 23.2 Å². The van der Waals surface area contributed by atoms with E-state index in [0.29, 0.717) is 22.1 Å². The molecule has 0 saturated heterocycles. The summed E-state index contributed by atoms with van der Waals surface area (Å²) in [5, 5.41) is 2.96. The summed E-state index contributed by atoms with van der Waals surface area (Å²) in [6, 6.07) is 5.91. The number of hydrazine groups is 1. The van der Waals surface area contributed by atoms with Crippen LogP contribution in [0.2, 0.25) is 10.0 Å². The highest BCUT2D eigenvalue weighted by atomic mass is 35.5. The van der Waals surface area contributed by atoms with Crippen molar-refractivity contribution in [3.63, 3.8) is 0 Å². The number of rotatable bonds is 4. The molecule has 0 atom stereocenters. The maximum absolute atomic E-state index is 11.9. The molecule has 1 aromatic heterocycles. The van der Waals surface area contributed by atoms with Crippen molar-refractivity contribution in [3.05, 3.63) is 57.0 Å². The minimum Gasteiger partial charge on any atom is -0.466 e. The highest BCUT2D eigenvalue weighted by molar-refractivity contribution is 6.42. The molecular formula is C16H15Cl2N3O4. The van der Waals surface area contributed by atoms with E-state index in [9.17, 15) is 14.4 Å². The molecular weight excluding hydrogens is 369 g/mol. The van der Waals surface area contributed by atoms with E-state index in [-0.39, 0.29) is 17.1 Å². The Hall–Kier alpha value is -2.51. The maximum atomic E-state index is 11.9. The number of hydrogen-bond acceptors (Lipinski definition) is 4. The standard InChI is InChI=1S/C16H15Cl2N3O4/c1-8-5-11(9(2)25-8)16(24)21-20-14(22)7-19-15(23)10-3-4-12(17)13(18)6-10/h3-6H,7H2,1-2H3,(H,19,23)(H,20,22)(H,21,24). The van der Waals surface area contributed by atoms with Gasteiger partial charge in [-0.05, 0) is 38.1 Å². The summed E-state index contributed by atoms with van der Waals surface area (Å²) in [6.07, 6.45) is 0. The van der Waals surface area contributed by atoms with Crippen LogP contribution in [0.15, 0.2) is 28.7 Å². The molecule has 0 aliphatic heterocycles. The molecule has 0 spiro atoms. The van der Waals surface area contributed by atoms with Gasteiger partial charge in [0, 0.05) is 5.56 Å². The number of benzene rings is 1. The molecule has 0 unspecified atom stereocenters. The van der Waals surface area contributed by atoms with Crippen molar-refractivity contribution in [3.8, 4) is 0 Å². The Balaban J connectivity index is 1.82. The molecule has 25 heavy (non-hydrogen) atoms. The van der Waals surface area contributed by atoms with Gasteiger partial charge >= 0.3 is 0 Å². The van der Waals surface area contributed by atoms with E-state index < -0.39 is 17.7 Å². The smallest absolute Gasteiger partial charge is 0.273 e. The van der Waals surface area contributed by atoms with Gasteiger partial charge in [-0.3, -0.25) is 25.2 Å². The summed E-state index contributed by atoms with van der Waals surface area (Å²) < 4.78 is 5.24. The quantitative estimate of drug-likeness (QED) is 0.705. The van der Waals surface area contributed by atoms with Crippen molar-refractivity contribution in [1.29, 1.82) is 0 Å². The molecule has 2 aromatic rings. The Morgan fingerprint density at radius 2 is 1.72 bits per heavy atom. The Kier molecular flexibility index (Phi) is 6.06. The Morgan fingerprint density at radius 1 is 1.00 bits per heavy atom. The van der Waals surface area contributed by atoms with Gasteiger partial charge in [0.2, 0.25) is 0 Å². The van der Waals surface area contributed by atoms with E-state index >= 15 is 0 Å². The van der Waals surface area contributed by atoms with Gasteiger partial charge < -0.3 is 9.73 Å². The summed E-state index contributed by atoms with van der Waals surface area (Å²) in [6.45, 7) is 3.02. The number of hydrogen-bond donors (Lipinski definition) is 3. The van der Waals surface area contributed by atoms with Gasteiger partial charge in [0.15, 0.2) is 0 Å². The van der Waals surface area contributed by atoms with Crippen molar-refractivity contribution in [2.45, 2.75) is 13.8 Å². The van der Waals surface area contributed by atoms with Crippen molar-refractivity contribution in [2.75, 3.05) is 6.54 Å². The Morgan fingerprint density at radius 3 is 2.32 bits per heavy atom. The third kappa shape index (κ3) is 4.98. The van der Waals surface area contributed by atoms with E-state index in [1.807, 2.05) is 0 Å². The topological polar surface area (TPSA) is 100 Å². The number of carbonyl (C=O) groups excluding carboxylic acids is 3. The first-order chi connectivity index (χ1) is 11.8. The molecule has 132 valence electrons. The number of halogens is 2. The van der Waals surface area contributed by atoms with Gasteiger partial charge in [0.25, 0.3) is 17.7 Å². The number of nitrogens with one attached hydrogen (secondary N) is 3. The monoisotopic (exact) mass is 383 g/mol. The summed E-state index contributed by atoms with van der Waals surface area (Å²) in [5.74, 6) is -0.584. The van der Waals surface area contributed by atoms with Crippen molar-refractivity contribution >= 4 is 40.9 Å².